The average molecular weight is 389 g/mol. The molecular formula is C14H13F6NO3S. The van der Waals surface area contributed by atoms with Crippen LogP contribution in [0.25, 0.3) is 0 Å². The van der Waals surface area contributed by atoms with Crippen LogP contribution in [0, 0.1) is 5.82 Å². The van der Waals surface area contributed by atoms with E-state index in [2.05, 4.69) is 0 Å². The fourth-order valence-corrected chi connectivity index (χ4v) is 4.24. The summed E-state index contributed by atoms with van der Waals surface area (Å²) in [5, 5.41) is -1.05. The van der Waals surface area contributed by atoms with Gasteiger partial charge in [-0.05, 0) is 37.1 Å². The Kier molecular flexibility index (Phi) is 5.08. The number of benzene rings is 1. The normalized spacial score (nSPS) is 17.6. The number of hydrogen-bond donors (Lipinski definition) is 0. The van der Waals surface area contributed by atoms with E-state index in [0.717, 1.165) is 24.3 Å². The van der Waals surface area contributed by atoms with E-state index < -0.39 is 52.0 Å². The zero-order valence-electron chi connectivity index (χ0n) is 12.6. The fraction of sp³-hybridized carbons (Fsp3) is 0.500. The summed E-state index contributed by atoms with van der Waals surface area (Å²) >= 11 is 0. The van der Waals surface area contributed by atoms with Gasteiger partial charge < -0.3 is 4.90 Å². The van der Waals surface area contributed by atoms with Crippen molar-refractivity contribution >= 4 is 15.7 Å². The molecule has 0 spiro atoms. The molecule has 0 saturated carbocycles. The van der Waals surface area contributed by atoms with Gasteiger partial charge in [0, 0.05) is 13.1 Å². The van der Waals surface area contributed by atoms with Gasteiger partial charge in [0.15, 0.2) is 9.84 Å². The van der Waals surface area contributed by atoms with E-state index in [0.29, 0.717) is 4.90 Å². The molecule has 2 rings (SSSR count). The van der Waals surface area contributed by atoms with Gasteiger partial charge in [-0.25, -0.2) is 12.8 Å². The van der Waals surface area contributed by atoms with Gasteiger partial charge in [0.25, 0.3) is 0 Å². The van der Waals surface area contributed by atoms with Crippen LogP contribution in [0.5, 0.6) is 0 Å². The maximum absolute atomic E-state index is 13.1. The van der Waals surface area contributed by atoms with Crippen LogP contribution in [0.1, 0.15) is 12.8 Å². The highest BCUT2D eigenvalue weighted by atomic mass is 32.2. The molecule has 1 heterocycles. The van der Waals surface area contributed by atoms with E-state index >= 15 is 0 Å². The highest BCUT2D eigenvalue weighted by molar-refractivity contribution is 7.92. The Balaban J connectivity index is 2.09. The van der Waals surface area contributed by atoms with E-state index in [4.69, 9.17) is 0 Å². The maximum Gasteiger partial charge on any atom is 0.463 e. The van der Waals surface area contributed by atoms with Gasteiger partial charge in [0.05, 0.1) is 10.1 Å². The summed E-state index contributed by atoms with van der Waals surface area (Å²) in [5.74, 6) is -8.55. The summed E-state index contributed by atoms with van der Waals surface area (Å²) in [6, 6.07) is 3.96. The highest BCUT2D eigenvalue weighted by Crippen LogP contribution is 2.37. The Labute approximate surface area is 139 Å². The van der Waals surface area contributed by atoms with Crippen LogP contribution in [0.4, 0.5) is 26.3 Å². The third-order valence-electron chi connectivity index (χ3n) is 3.93. The van der Waals surface area contributed by atoms with Crippen molar-refractivity contribution in [2.75, 3.05) is 13.1 Å². The smallest absolute Gasteiger partial charge is 0.337 e. The van der Waals surface area contributed by atoms with Crippen LogP contribution in [0.3, 0.4) is 0 Å². The molecule has 4 nitrogen and oxygen atoms in total. The standard InChI is InChI=1S/C14H13F6NO3S/c15-9-1-3-10(4-2-9)25(23,24)11-5-7-21(8-6-11)12(22)13(16,17)14(18,19)20/h1-4,11H,5-8H2. The number of nitrogens with zero attached hydrogens (tertiary/aromatic N) is 1. The topological polar surface area (TPSA) is 54.5 Å². The number of piperidine rings is 1. The molecule has 0 aromatic heterocycles. The molecule has 0 radical (unpaired) electrons. The maximum atomic E-state index is 13.1. The van der Waals surface area contributed by atoms with E-state index in [9.17, 15) is 39.6 Å². The van der Waals surface area contributed by atoms with Crippen molar-refractivity contribution < 1.29 is 39.6 Å². The van der Waals surface area contributed by atoms with Gasteiger partial charge in [-0.3, -0.25) is 4.79 Å². The molecule has 140 valence electrons. The Morgan fingerprint density at radius 1 is 1.00 bits per heavy atom. The first kappa shape index (κ1) is 19.5. The van der Waals surface area contributed by atoms with Crippen molar-refractivity contribution in [1.82, 2.24) is 4.90 Å². The molecule has 0 bridgehead atoms. The van der Waals surface area contributed by atoms with Crippen LogP contribution >= 0.6 is 0 Å². The van der Waals surface area contributed by atoms with Gasteiger partial charge in [-0.1, -0.05) is 0 Å². The third kappa shape index (κ3) is 3.75. The quantitative estimate of drug-likeness (QED) is 0.590. The minimum absolute atomic E-state index is 0.181. The predicted molar refractivity (Wildman–Crippen MR) is 74.2 cm³/mol. The number of hydrogen-bond acceptors (Lipinski definition) is 3. The number of rotatable bonds is 3. The second-order valence-corrected chi connectivity index (χ2v) is 7.79. The third-order valence-corrected chi connectivity index (χ3v) is 6.21. The largest absolute Gasteiger partial charge is 0.463 e. The van der Waals surface area contributed by atoms with Gasteiger partial charge in [0.2, 0.25) is 0 Å². The molecule has 1 aromatic rings. The lowest BCUT2D eigenvalue weighted by molar-refractivity contribution is -0.274. The van der Waals surface area contributed by atoms with Gasteiger partial charge in [-0.2, -0.15) is 22.0 Å². The molecular weight excluding hydrogens is 376 g/mol. The molecule has 25 heavy (non-hydrogen) atoms. The van der Waals surface area contributed by atoms with Gasteiger partial charge in [-0.15, -0.1) is 0 Å². The summed E-state index contributed by atoms with van der Waals surface area (Å²) < 4.78 is 100. The first-order chi connectivity index (χ1) is 11.4. The Bertz CT molecular complexity index is 737. The van der Waals surface area contributed by atoms with Crippen LogP contribution in [0.2, 0.25) is 0 Å². The van der Waals surface area contributed by atoms with Crippen molar-refractivity contribution in [3.8, 4) is 0 Å². The number of sulfone groups is 1. The Morgan fingerprint density at radius 3 is 1.92 bits per heavy atom. The minimum atomic E-state index is -6.01. The number of alkyl halides is 5. The van der Waals surface area contributed by atoms with Crippen molar-refractivity contribution in [2.45, 2.75) is 35.1 Å². The second kappa shape index (κ2) is 6.50. The van der Waals surface area contributed by atoms with Crippen molar-refractivity contribution in [3.05, 3.63) is 30.1 Å². The van der Waals surface area contributed by atoms with Crippen LogP contribution in [0.15, 0.2) is 29.2 Å². The van der Waals surface area contributed by atoms with E-state index in [1.807, 2.05) is 0 Å². The SMILES string of the molecule is O=C(N1CCC(S(=O)(=O)c2ccc(F)cc2)CC1)C(F)(F)C(F)(F)F. The average Bonchev–Trinajstić information content (AvgIpc) is 2.53. The monoisotopic (exact) mass is 389 g/mol. The highest BCUT2D eigenvalue weighted by Gasteiger charge is 2.64. The summed E-state index contributed by atoms with van der Waals surface area (Å²) in [6.45, 7) is -1.09. The lowest BCUT2D eigenvalue weighted by Gasteiger charge is -2.34. The zero-order chi connectivity index (χ0) is 19.0. The number of likely N-dealkylation sites (tertiary alicyclic amines) is 1. The van der Waals surface area contributed by atoms with Crippen molar-refractivity contribution in [3.63, 3.8) is 0 Å². The van der Waals surface area contributed by atoms with E-state index in [1.165, 1.54) is 0 Å². The molecule has 1 aliphatic rings. The molecule has 1 aliphatic heterocycles. The molecule has 11 heteroatoms. The number of amides is 1. The van der Waals surface area contributed by atoms with E-state index in [-0.39, 0.29) is 17.7 Å². The summed E-state index contributed by atoms with van der Waals surface area (Å²) in [6.07, 6.45) is -6.60. The number of halogens is 6. The molecule has 1 fully saturated rings. The van der Waals surface area contributed by atoms with Crippen LogP contribution < -0.4 is 0 Å². The molecule has 1 saturated heterocycles. The molecule has 1 amide bonds. The van der Waals surface area contributed by atoms with Crippen molar-refractivity contribution in [1.29, 1.82) is 0 Å². The first-order valence-corrected chi connectivity index (χ1v) is 8.65. The van der Waals surface area contributed by atoms with Crippen molar-refractivity contribution in [2.24, 2.45) is 0 Å². The second-order valence-electron chi connectivity index (χ2n) is 5.56. The van der Waals surface area contributed by atoms with Gasteiger partial charge in [0.1, 0.15) is 5.82 Å². The minimum Gasteiger partial charge on any atom is -0.337 e. The Morgan fingerprint density at radius 2 is 1.48 bits per heavy atom. The Hall–Kier alpha value is -1.78. The molecule has 0 atom stereocenters. The first-order valence-electron chi connectivity index (χ1n) is 7.11. The molecule has 0 N–H and O–H groups in total. The number of carbonyl (C=O) groups excluding carboxylic acids is 1. The predicted octanol–water partition coefficient (Wildman–Crippen LogP) is 2.79. The molecule has 0 unspecified atom stereocenters. The number of carbonyl (C=O) groups is 1. The van der Waals surface area contributed by atoms with E-state index in [1.54, 1.807) is 0 Å². The van der Waals surface area contributed by atoms with Crippen LogP contribution in [-0.2, 0) is 14.6 Å². The lowest BCUT2D eigenvalue weighted by atomic mass is 10.1. The zero-order valence-corrected chi connectivity index (χ0v) is 13.4. The molecule has 1 aromatic carbocycles. The van der Waals surface area contributed by atoms with Gasteiger partial charge >= 0.3 is 18.0 Å². The summed E-state index contributed by atoms with van der Waals surface area (Å²) in [5.41, 5.74) is 0. The lowest BCUT2D eigenvalue weighted by Crippen LogP contribution is -2.54. The van der Waals surface area contributed by atoms with Crippen LogP contribution in [-0.4, -0.2) is 49.7 Å². The summed E-state index contributed by atoms with van der Waals surface area (Å²) in [4.78, 5) is 11.5. The fourth-order valence-electron chi connectivity index (χ4n) is 2.51. The summed E-state index contributed by atoms with van der Waals surface area (Å²) in [7, 11) is -3.91. The molecule has 0 aliphatic carbocycles.